The van der Waals surface area contributed by atoms with E-state index in [2.05, 4.69) is 15.5 Å². The lowest BCUT2D eigenvalue weighted by Gasteiger charge is -2.16. The van der Waals surface area contributed by atoms with E-state index < -0.39 is 0 Å². The third-order valence-corrected chi connectivity index (χ3v) is 5.10. The molecular weight excluding hydrogens is 366 g/mol. The van der Waals surface area contributed by atoms with Crippen LogP contribution in [0.25, 0.3) is 0 Å². The molecule has 0 bridgehead atoms. The van der Waals surface area contributed by atoms with Crippen LogP contribution in [-0.4, -0.2) is 37.6 Å². The summed E-state index contributed by atoms with van der Waals surface area (Å²) < 4.78 is 21.4. The Balaban J connectivity index is 1.43. The lowest BCUT2D eigenvalue weighted by molar-refractivity contribution is 0.174. The van der Waals surface area contributed by atoms with Gasteiger partial charge in [-0.1, -0.05) is 17.8 Å². The van der Waals surface area contributed by atoms with Crippen molar-refractivity contribution >= 4 is 22.6 Å². The highest BCUT2D eigenvalue weighted by Gasteiger charge is 2.16. The molecule has 2 aromatic rings. The molecule has 0 fully saturated rings. The van der Waals surface area contributed by atoms with Crippen LogP contribution in [-0.2, 0) is 6.54 Å². The average molecular weight is 385 g/mol. The quantitative estimate of drug-likeness (QED) is 0.853. The number of amidine groups is 1. The van der Waals surface area contributed by atoms with E-state index in [9.17, 15) is 0 Å². The second kappa shape index (κ2) is 7.79. The monoisotopic (exact) mass is 385 g/mol. The number of aliphatic imine (C=N–C) groups is 1. The number of hydrogen-bond donors (Lipinski definition) is 1. The van der Waals surface area contributed by atoms with Gasteiger partial charge >= 0.3 is 0 Å². The maximum absolute atomic E-state index is 5.40. The molecule has 140 valence electrons. The van der Waals surface area contributed by atoms with Crippen LogP contribution in [0.4, 0.5) is 0 Å². The van der Waals surface area contributed by atoms with Crippen LogP contribution in [0.5, 0.6) is 23.0 Å². The largest absolute Gasteiger partial charge is 0.493 e. The Morgan fingerprint density at radius 1 is 1.07 bits per heavy atom. The van der Waals surface area contributed by atoms with Crippen molar-refractivity contribution in [3.63, 3.8) is 0 Å². The molecule has 0 radical (unpaired) electrons. The Hall–Kier alpha value is -2.87. The molecule has 0 aliphatic carbocycles. The maximum atomic E-state index is 5.40. The van der Waals surface area contributed by atoms with E-state index in [-0.39, 0.29) is 6.79 Å². The second-order valence-corrected chi connectivity index (χ2v) is 6.80. The lowest BCUT2D eigenvalue weighted by atomic mass is 10.1. The summed E-state index contributed by atoms with van der Waals surface area (Å²) in [6.45, 7) is 0.825. The Kier molecular flexibility index (Phi) is 5.06. The molecule has 4 rings (SSSR count). The normalized spacial score (nSPS) is 16.7. The number of fused-ring (bicyclic) bond motifs is 1. The molecule has 1 N–H and O–H groups in total. The zero-order valence-corrected chi connectivity index (χ0v) is 15.8. The molecule has 0 saturated heterocycles. The summed E-state index contributed by atoms with van der Waals surface area (Å²) in [7, 11) is 3.24. The molecule has 2 aliphatic heterocycles. The molecule has 0 unspecified atom stereocenters. The first-order valence-electron chi connectivity index (χ1n) is 8.37. The van der Waals surface area contributed by atoms with Crippen molar-refractivity contribution in [2.24, 2.45) is 10.1 Å². The number of nitrogens with zero attached hydrogens (tertiary/aromatic N) is 2. The van der Waals surface area contributed by atoms with E-state index in [1.54, 1.807) is 26.0 Å². The smallest absolute Gasteiger partial charge is 0.231 e. The summed E-state index contributed by atoms with van der Waals surface area (Å²) in [5, 5.41) is 5.24. The van der Waals surface area contributed by atoms with Gasteiger partial charge < -0.3 is 18.9 Å². The third kappa shape index (κ3) is 3.80. The molecule has 0 saturated carbocycles. The highest BCUT2D eigenvalue weighted by atomic mass is 32.2. The van der Waals surface area contributed by atoms with E-state index >= 15 is 0 Å². The number of methoxy groups -OCH3 is 2. The summed E-state index contributed by atoms with van der Waals surface area (Å²) in [5.74, 6) is 3.66. The van der Waals surface area contributed by atoms with Gasteiger partial charge in [0.05, 0.1) is 26.5 Å². The van der Waals surface area contributed by atoms with E-state index in [0.29, 0.717) is 18.0 Å². The molecule has 0 spiro atoms. The van der Waals surface area contributed by atoms with Gasteiger partial charge in [-0.15, -0.1) is 0 Å². The van der Waals surface area contributed by atoms with Gasteiger partial charge in [-0.2, -0.15) is 5.10 Å². The Morgan fingerprint density at radius 2 is 1.93 bits per heavy atom. The number of rotatable bonds is 5. The van der Waals surface area contributed by atoms with Gasteiger partial charge in [0.2, 0.25) is 6.79 Å². The SMILES string of the molecule is COc1ccc(C2=NNC(=NCc3ccc4c(c3)OCO4)SC2)cc1OC. The highest BCUT2D eigenvalue weighted by molar-refractivity contribution is 8.14. The number of ether oxygens (including phenoxy) is 4. The molecule has 7 nitrogen and oxygen atoms in total. The van der Waals surface area contributed by atoms with Crippen molar-refractivity contribution in [1.82, 2.24) is 5.43 Å². The molecule has 0 aromatic heterocycles. The van der Waals surface area contributed by atoms with Crippen LogP contribution < -0.4 is 24.4 Å². The number of hydrazone groups is 1. The minimum Gasteiger partial charge on any atom is -0.493 e. The van der Waals surface area contributed by atoms with E-state index in [1.807, 2.05) is 36.4 Å². The lowest BCUT2D eigenvalue weighted by Crippen LogP contribution is -2.25. The number of benzene rings is 2. The summed E-state index contributed by atoms with van der Waals surface area (Å²) in [6, 6.07) is 11.6. The fourth-order valence-corrected chi connectivity index (χ4v) is 3.53. The maximum Gasteiger partial charge on any atom is 0.231 e. The van der Waals surface area contributed by atoms with E-state index in [4.69, 9.17) is 18.9 Å². The van der Waals surface area contributed by atoms with Crippen LogP contribution in [0.15, 0.2) is 46.5 Å². The second-order valence-electron chi connectivity index (χ2n) is 5.84. The average Bonchev–Trinajstić information content (AvgIpc) is 3.20. The third-order valence-electron chi connectivity index (χ3n) is 4.19. The van der Waals surface area contributed by atoms with Gasteiger partial charge in [-0.3, -0.25) is 10.4 Å². The van der Waals surface area contributed by atoms with Gasteiger partial charge in [-0.25, -0.2) is 0 Å². The fraction of sp³-hybridized carbons (Fsp3) is 0.263. The predicted octanol–water partition coefficient (Wildman–Crippen LogP) is 3.03. The van der Waals surface area contributed by atoms with Crippen molar-refractivity contribution in [3.8, 4) is 23.0 Å². The first kappa shape index (κ1) is 17.5. The van der Waals surface area contributed by atoms with Crippen LogP contribution in [0, 0.1) is 0 Å². The topological polar surface area (TPSA) is 73.7 Å². The van der Waals surface area contributed by atoms with E-state index in [0.717, 1.165) is 39.3 Å². The van der Waals surface area contributed by atoms with Gasteiger partial charge in [0.15, 0.2) is 28.2 Å². The molecular formula is C19H19N3O4S. The summed E-state index contributed by atoms with van der Waals surface area (Å²) in [4.78, 5) is 4.59. The predicted molar refractivity (Wildman–Crippen MR) is 105 cm³/mol. The standard InChI is InChI=1S/C19H19N3O4S/c1-23-15-6-4-13(8-17(15)24-2)14-10-27-19(22-21-14)20-9-12-3-5-16-18(7-12)26-11-25-16/h3-8H,9-11H2,1-2H3,(H,20,22). The van der Waals surface area contributed by atoms with Crippen molar-refractivity contribution in [2.45, 2.75) is 6.54 Å². The highest BCUT2D eigenvalue weighted by Crippen LogP contribution is 2.33. The molecule has 8 heteroatoms. The molecule has 2 heterocycles. The van der Waals surface area contributed by atoms with Crippen LogP contribution in [0.3, 0.4) is 0 Å². The first-order valence-corrected chi connectivity index (χ1v) is 9.36. The van der Waals surface area contributed by atoms with Gasteiger partial charge in [0, 0.05) is 11.3 Å². The molecule has 2 aliphatic rings. The summed E-state index contributed by atoms with van der Waals surface area (Å²) in [5.41, 5.74) is 6.01. The molecule has 0 amide bonds. The Bertz CT molecular complexity index is 914. The Morgan fingerprint density at radius 3 is 2.70 bits per heavy atom. The number of hydrogen-bond acceptors (Lipinski definition) is 7. The van der Waals surface area contributed by atoms with Gasteiger partial charge in [0.1, 0.15) is 0 Å². The summed E-state index contributed by atoms with van der Waals surface area (Å²) >= 11 is 1.61. The van der Waals surface area contributed by atoms with Crippen molar-refractivity contribution in [1.29, 1.82) is 0 Å². The van der Waals surface area contributed by atoms with Crippen molar-refractivity contribution < 1.29 is 18.9 Å². The number of thioether (sulfide) groups is 1. The minimum absolute atomic E-state index is 0.276. The minimum atomic E-state index is 0.276. The van der Waals surface area contributed by atoms with Crippen molar-refractivity contribution in [2.75, 3.05) is 26.8 Å². The van der Waals surface area contributed by atoms with Gasteiger partial charge in [0.25, 0.3) is 0 Å². The van der Waals surface area contributed by atoms with Gasteiger partial charge in [-0.05, 0) is 35.9 Å². The zero-order chi connectivity index (χ0) is 18.6. The van der Waals surface area contributed by atoms with Crippen molar-refractivity contribution in [3.05, 3.63) is 47.5 Å². The molecule has 0 atom stereocenters. The summed E-state index contributed by atoms with van der Waals surface area (Å²) in [6.07, 6.45) is 0. The fourth-order valence-electron chi connectivity index (χ4n) is 2.76. The Labute approximate surface area is 161 Å². The number of nitrogens with one attached hydrogen (secondary N) is 1. The van der Waals surface area contributed by atoms with Crippen LogP contribution in [0.1, 0.15) is 11.1 Å². The van der Waals surface area contributed by atoms with Crippen LogP contribution in [0.2, 0.25) is 0 Å². The van der Waals surface area contributed by atoms with Crippen LogP contribution >= 0.6 is 11.8 Å². The molecule has 27 heavy (non-hydrogen) atoms. The zero-order valence-electron chi connectivity index (χ0n) is 15.0. The first-order chi connectivity index (χ1) is 13.3. The van der Waals surface area contributed by atoms with E-state index in [1.165, 1.54) is 0 Å². The molecule has 2 aromatic carbocycles.